The fraction of sp³-hybridized carbons (Fsp3) is 0.435. The number of rotatable bonds is 3. The molecule has 0 radical (unpaired) electrons. The highest BCUT2D eigenvalue weighted by Crippen LogP contribution is 2.65. The van der Waals surface area contributed by atoms with E-state index in [9.17, 15) is 4.79 Å². The lowest BCUT2D eigenvalue weighted by atomic mass is 9.69. The molecule has 2 aromatic rings. The first-order valence-electron chi connectivity index (χ1n) is 9.38. The molecule has 3 atom stereocenters. The van der Waals surface area contributed by atoms with Gasteiger partial charge in [-0.3, -0.25) is 4.79 Å². The van der Waals surface area contributed by atoms with Crippen LogP contribution in [0.25, 0.3) is 11.1 Å². The molecule has 130 valence electrons. The van der Waals surface area contributed by atoms with E-state index < -0.39 is 0 Å². The summed E-state index contributed by atoms with van der Waals surface area (Å²) in [6.45, 7) is 7.13. The molecule has 2 aliphatic carbocycles. The Morgan fingerprint density at radius 3 is 2.16 bits per heavy atom. The zero-order valence-corrected chi connectivity index (χ0v) is 15.4. The van der Waals surface area contributed by atoms with Gasteiger partial charge in [0.15, 0.2) is 0 Å². The number of fused-ring (bicyclic) bond motifs is 2. The van der Waals surface area contributed by atoms with Gasteiger partial charge in [-0.15, -0.1) is 0 Å². The summed E-state index contributed by atoms with van der Waals surface area (Å²) in [5, 5.41) is 3.34. The number of benzene rings is 2. The van der Waals surface area contributed by atoms with Crippen LogP contribution in [-0.4, -0.2) is 11.9 Å². The van der Waals surface area contributed by atoms with Gasteiger partial charge in [0.25, 0.3) is 5.91 Å². The standard InChI is InChI=1S/C23H27NO/c1-22(2)19-13-14-23(22,3)20(15-19)24-21(25)18-11-9-17(10-12-18)16-7-5-4-6-8-16/h4-12,19-20H,13-15H2,1-3H3,(H,24,25)/t19-,20-,23-/m1/s1. The van der Waals surface area contributed by atoms with E-state index in [0.717, 1.165) is 23.5 Å². The monoisotopic (exact) mass is 333 g/mol. The summed E-state index contributed by atoms with van der Waals surface area (Å²) in [4.78, 5) is 12.8. The summed E-state index contributed by atoms with van der Waals surface area (Å²) >= 11 is 0. The zero-order chi connectivity index (χ0) is 17.7. The first-order valence-corrected chi connectivity index (χ1v) is 9.38. The summed E-state index contributed by atoms with van der Waals surface area (Å²) < 4.78 is 0. The van der Waals surface area contributed by atoms with Crippen molar-refractivity contribution in [3.8, 4) is 11.1 Å². The van der Waals surface area contributed by atoms with E-state index in [0.29, 0.717) is 11.5 Å². The first kappa shape index (κ1) is 16.4. The summed E-state index contributed by atoms with van der Waals surface area (Å²) in [6, 6.07) is 18.5. The third-order valence-corrected chi connectivity index (χ3v) is 7.35. The lowest BCUT2D eigenvalue weighted by molar-refractivity contribution is 0.0826. The van der Waals surface area contributed by atoms with Crippen LogP contribution in [0, 0.1) is 16.7 Å². The summed E-state index contributed by atoms with van der Waals surface area (Å²) in [5.74, 6) is 0.803. The summed E-state index contributed by atoms with van der Waals surface area (Å²) in [7, 11) is 0. The minimum absolute atomic E-state index is 0.0641. The van der Waals surface area contributed by atoms with Crippen LogP contribution in [0.5, 0.6) is 0 Å². The van der Waals surface area contributed by atoms with Crippen molar-refractivity contribution in [1.82, 2.24) is 5.32 Å². The normalized spacial score (nSPS) is 29.6. The summed E-state index contributed by atoms with van der Waals surface area (Å²) in [5.41, 5.74) is 3.62. The first-order chi connectivity index (χ1) is 11.9. The van der Waals surface area contributed by atoms with E-state index >= 15 is 0 Å². The minimum Gasteiger partial charge on any atom is -0.349 e. The van der Waals surface area contributed by atoms with Crippen molar-refractivity contribution < 1.29 is 4.79 Å². The van der Waals surface area contributed by atoms with Gasteiger partial charge in [0, 0.05) is 11.6 Å². The van der Waals surface area contributed by atoms with E-state index in [2.05, 4.69) is 38.2 Å². The van der Waals surface area contributed by atoms with Gasteiger partial charge in [0.05, 0.1) is 0 Å². The van der Waals surface area contributed by atoms with Crippen molar-refractivity contribution in [3.05, 3.63) is 60.2 Å². The Morgan fingerprint density at radius 2 is 1.60 bits per heavy atom. The minimum atomic E-state index is 0.0641. The molecule has 0 unspecified atom stereocenters. The Balaban J connectivity index is 1.49. The number of hydrogen-bond acceptors (Lipinski definition) is 1. The fourth-order valence-electron chi connectivity index (χ4n) is 5.11. The average Bonchev–Trinajstić information content (AvgIpc) is 2.96. The summed E-state index contributed by atoms with van der Waals surface area (Å²) in [6.07, 6.45) is 3.65. The Kier molecular flexibility index (Phi) is 3.75. The molecule has 0 heterocycles. The molecule has 2 aromatic carbocycles. The van der Waals surface area contributed by atoms with Gasteiger partial charge < -0.3 is 5.32 Å². The molecule has 0 aromatic heterocycles. The van der Waals surface area contributed by atoms with Crippen molar-refractivity contribution in [1.29, 1.82) is 0 Å². The molecule has 2 bridgehead atoms. The molecule has 2 aliphatic rings. The maximum atomic E-state index is 12.8. The van der Waals surface area contributed by atoms with Crippen molar-refractivity contribution in [2.45, 2.75) is 46.1 Å². The number of carbonyl (C=O) groups excluding carboxylic acids is 1. The van der Waals surface area contributed by atoms with Crippen molar-refractivity contribution in [3.63, 3.8) is 0 Å². The number of hydrogen-bond donors (Lipinski definition) is 1. The van der Waals surface area contributed by atoms with Gasteiger partial charge >= 0.3 is 0 Å². The molecule has 2 saturated carbocycles. The zero-order valence-electron chi connectivity index (χ0n) is 15.4. The van der Waals surface area contributed by atoms with E-state index in [1.165, 1.54) is 18.4 Å². The number of nitrogens with one attached hydrogen (secondary N) is 1. The van der Waals surface area contributed by atoms with Gasteiger partial charge in [-0.1, -0.05) is 63.2 Å². The molecule has 25 heavy (non-hydrogen) atoms. The maximum absolute atomic E-state index is 12.8. The predicted octanol–water partition coefficient (Wildman–Crippen LogP) is 5.30. The molecule has 2 heteroatoms. The van der Waals surface area contributed by atoms with Crippen molar-refractivity contribution in [2.75, 3.05) is 0 Å². The molecule has 2 nitrogen and oxygen atoms in total. The average molecular weight is 333 g/mol. The van der Waals surface area contributed by atoms with E-state index in [1.54, 1.807) is 0 Å². The second-order valence-electron chi connectivity index (χ2n) is 8.58. The smallest absolute Gasteiger partial charge is 0.251 e. The van der Waals surface area contributed by atoms with E-state index in [-0.39, 0.29) is 11.3 Å². The second kappa shape index (κ2) is 5.72. The molecular formula is C23H27NO. The molecule has 0 spiro atoms. The molecule has 2 fully saturated rings. The lowest BCUT2D eigenvalue weighted by Crippen LogP contribution is -2.46. The maximum Gasteiger partial charge on any atom is 0.251 e. The second-order valence-corrected chi connectivity index (χ2v) is 8.58. The third kappa shape index (κ3) is 2.50. The Bertz CT molecular complexity index is 777. The van der Waals surface area contributed by atoms with Gasteiger partial charge in [-0.25, -0.2) is 0 Å². The highest BCUT2D eigenvalue weighted by Gasteiger charge is 2.61. The van der Waals surface area contributed by atoms with Crippen LogP contribution in [0.1, 0.15) is 50.4 Å². The number of amides is 1. The largest absolute Gasteiger partial charge is 0.349 e. The molecule has 4 rings (SSSR count). The molecule has 0 aliphatic heterocycles. The van der Waals surface area contributed by atoms with Crippen LogP contribution < -0.4 is 5.32 Å². The number of carbonyl (C=O) groups is 1. The van der Waals surface area contributed by atoms with E-state index in [1.807, 2.05) is 42.5 Å². The van der Waals surface area contributed by atoms with Gasteiger partial charge in [-0.05, 0) is 59.3 Å². The Labute approximate surface area is 150 Å². The van der Waals surface area contributed by atoms with Crippen molar-refractivity contribution in [2.24, 2.45) is 16.7 Å². The van der Waals surface area contributed by atoms with Gasteiger partial charge in [-0.2, -0.15) is 0 Å². The van der Waals surface area contributed by atoms with Crippen LogP contribution >= 0.6 is 0 Å². The van der Waals surface area contributed by atoms with Gasteiger partial charge in [0.1, 0.15) is 0 Å². The molecule has 0 saturated heterocycles. The third-order valence-electron chi connectivity index (χ3n) is 7.35. The Morgan fingerprint density at radius 1 is 0.960 bits per heavy atom. The van der Waals surface area contributed by atoms with E-state index in [4.69, 9.17) is 0 Å². The topological polar surface area (TPSA) is 29.1 Å². The SMILES string of the molecule is CC1(C)[C@@H]2CC[C@]1(C)[C@H](NC(=O)c1ccc(-c3ccccc3)cc1)C2. The molecule has 1 N–H and O–H groups in total. The van der Waals surface area contributed by atoms with Crippen molar-refractivity contribution >= 4 is 5.91 Å². The predicted molar refractivity (Wildman–Crippen MR) is 102 cm³/mol. The highest BCUT2D eigenvalue weighted by molar-refractivity contribution is 5.95. The highest BCUT2D eigenvalue weighted by atomic mass is 16.1. The van der Waals surface area contributed by atoms with Crippen LogP contribution in [0.3, 0.4) is 0 Å². The fourth-order valence-corrected chi connectivity index (χ4v) is 5.11. The quantitative estimate of drug-likeness (QED) is 0.811. The lowest BCUT2D eigenvalue weighted by Gasteiger charge is -2.39. The van der Waals surface area contributed by atoms with Crippen LogP contribution in [-0.2, 0) is 0 Å². The molecular weight excluding hydrogens is 306 g/mol. The van der Waals surface area contributed by atoms with Crippen LogP contribution in [0.2, 0.25) is 0 Å². The Hall–Kier alpha value is -2.09. The van der Waals surface area contributed by atoms with Crippen LogP contribution in [0.4, 0.5) is 0 Å². The van der Waals surface area contributed by atoms with Crippen LogP contribution in [0.15, 0.2) is 54.6 Å². The van der Waals surface area contributed by atoms with Gasteiger partial charge in [0.2, 0.25) is 0 Å². The molecule has 1 amide bonds.